The Kier molecular flexibility index (Phi) is 4.48. The first kappa shape index (κ1) is 14.9. The van der Waals surface area contributed by atoms with Gasteiger partial charge < -0.3 is 15.2 Å². The third-order valence-corrected chi connectivity index (χ3v) is 3.24. The number of nitrogens with two attached hydrogens (primary N) is 1. The van der Waals surface area contributed by atoms with Crippen LogP contribution < -0.4 is 15.2 Å². The van der Waals surface area contributed by atoms with E-state index in [4.69, 9.17) is 15.2 Å². The van der Waals surface area contributed by atoms with E-state index in [1.54, 1.807) is 43.5 Å². The topological polar surface area (TPSA) is 61.5 Å². The Bertz CT molecular complexity index is 665. The molecule has 0 saturated heterocycles. The van der Waals surface area contributed by atoms with Gasteiger partial charge in [0.05, 0.1) is 19.3 Å². The van der Waals surface area contributed by atoms with Crippen molar-refractivity contribution < 1.29 is 14.3 Å². The van der Waals surface area contributed by atoms with E-state index in [0.717, 1.165) is 11.3 Å². The predicted octanol–water partition coefficient (Wildman–Crippen LogP) is 3.22. The minimum absolute atomic E-state index is 0.151. The van der Waals surface area contributed by atoms with Crippen molar-refractivity contribution in [1.82, 2.24) is 0 Å². The van der Waals surface area contributed by atoms with Crippen molar-refractivity contribution in [3.05, 3.63) is 53.1 Å². The quantitative estimate of drug-likeness (QED) is 0.677. The van der Waals surface area contributed by atoms with Gasteiger partial charge in [0.2, 0.25) is 0 Å². The third kappa shape index (κ3) is 2.99. The maximum atomic E-state index is 12.7. The van der Waals surface area contributed by atoms with Gasteiger partial charge in [-0.05, 0) is 49.7 Å². The molecule has 4 nitrogen and oxygen atoms in total. The highest BCUT2D eigenvalue weighted by molar-refractivity contribution is 6.14. The summed E-state index contributed by atoms with van der Waals surface area (Å²) in [5.41, 5.74) is 8.24. The van der Waals surface area contributed by atoms with Crippen LogP contribution in [0.3, 0.4) is 0 Å². The van der Waals surface area contributed by atoms with Crippen LogP contribution >= 0.6 is 0 Å². The molecule has 0 fully saturated rings. The summed E-state index contributed by atoms with van der Waals surface area (Å²) in [7, 11) is 1.60. The molecule has 2 N–H and O–H groups in total. The van der Waals surface area contributed by atoms with E-state index in [0.29, 0.717) is 29.2 Å². The van der Waals surface area contributed by atoms with Crippen LogP contribution in [0.25, 0.3) is 0 Å². The number of rotatable bonds is 5. The first-order valence-electron chi connectivity index (χ1n) is 6.79. The molecule has 0 aliphatic carbocycles. The molecule has 4 heteroatoms. The molecular formula is C17H19NO3. The minimum Gasteiger partial charge on any atom is -0.496 e. The number of hydrogen-bond acceptors (Lipinski definition) is 4. The van der Waals surface area contributed by atoms with Gasteiger partial charge in [-0.3, -0.25) is 4.79 Å². The lowest BCUT2D eigenvalue weighted by molar-refractivity contribution is 0.103. The second kappa shape index (κ2) is 6.31. The van der Waals surface area contributed by atoms with Crippen molar-refractivity contribution in [2.75, 3.05) is 19.5 Å². The molecule has 21 heavy (non-hydrogen) atoms. The second-order valence-electron chi connectivity index (χ2n) is 4.67. The molecule has 0 atom stereocenters. The molecule has 0 heterocycles. The Morgan fingerprint density at radius 2 is 1.95 bits per heavy atom. The molecule has 0 bridgehead atoms. The molecule has 2 rings (SSSR count). The van der Waals surface area contributed by atoms with Gasteiger partial charge in [-0.15, -0.1) is 0 Å². The molecule has 2 aromatic carbocycles. The summed E-state index contributed by atoms with van der Waals surface area (Å²) in [6, 6.07) is 10.5. The van der Waals surface area contributed by atoms with Crippen molar-refractivity contribution in [2.45, 2.75) is 13.8 Å². The van der Waals surface area contributed by atoms with Crippen molar-refractivity contribution >= 4 is 11.5 Å². The van der Waals surface area contributed by atoms with Crippen molar-refractivity contribution in [2.24, 2.45) is 0 Å². The number of methoxy groups -OCH3 is 1. The minimum atomic E-state index is -0.151. The number of anilines is 1. The number of carbonyl (C=O) groups excluding carboxylic acids is 1. The molecule has 0 amide bonds. The normalized spacial score (nSPS) is 10.2. The largest absolute Gasteiger partial charge is 0.496 e. The van der Waals surface area contributed by atoms with E-state index in [9.17, 15) is 4.79 Å². The fourth-order valence-electron chi connectivity index (χ4n) is 2.23. The number of hydrogen-bond donors (Lipinski definition) is 1. The molecule has 0 saturated carbocycles. The van der Waals surface area contributed by atoms with Gasteiger partial charge in [-0.1, -0.05) is 6.07 Å². The van der Waals surface area contributed by atoms with Crippen LogP contribution in [0.4, 0.5) is 5.69 Å². The molecule has 0 radical (unpaired) electrons. The van der Waals surface area contributed by atoms with Gasteiger partial charge in [0.25, 0.3) is 0 Å². The van der Waals surface area contributed by atoms with E-state index in [1.165, 1.54) is 0 Å². The summed E-state index contributed by atoms with van der Waals surface area (Å²) in [6.45, 7) is 4.24. The second-order valence-corrected chi connectivity index (χ2v) is 4.67. The zero-order chi connectivity index (χ0) is 15.4. The highest BCUT2D eigenvalue weighted by Gasteiger charge is 2.18. The molecular weight excluding hydrogens is 266 g/mol. The summed E-state index contributed by atoms with van der Waals surface area (Å²) >= 11 is 0. The van der Waals surface area contributed by atoms with Crippen LogP contribution in [0.15, 0.2) is 36.4 Å². The van der Waals surface area contributed by atoms with Crippen LogP contribution in [0.2, 0.25) is 0 Å². The molecule has 0 spiro atoms. The number of benzene rings is 2. The van der Waals surface area contributed by atoms with Gasteiger partial charge in [0.15, 0.2) is 5.78 Å². The van der Waals surface area contributed by atoms with Gasteiger partial charge in [-0.25, -0.2) is 0 Å². The highest BCUT2D eigenvalue weighted by Crippen LogP contribution is 2.28. The lowest BCUT2D eigenvalue weighted by atomic mass is 9.99. The lowest BCUT2D eigenvalue weighted by Crippen LogP contribution is -2.09. The summed E-state index contributed by atoms with van der Waals surface area (Å²) < 4.78 is 10.7. The fourth-order valence-corrected chi connectivity index (χ4v) is 2.23. The van der Waals surface area contributed by atoms with Crippen molar-refractivity contribution in [3.8, 4) is 11.5 Å². The first-order chi connectivity index (χ1) is 10.1. The predicted molar refractivity (Wildman–Crippen MR) is 83.2 cm³/mol. The summed E-state index contributed by atoms with van der Waals surface area (Å²) in [5.74, 6) is 1.11. The fraction of sp³-hybridized carbons (Fsp3) is 0.235. The van der Waals surface area contributed by atoms with Crippen molar-refractivity contribution in [1.29, 1.82) is 0 Å². The van der Waals surface area contributed by atoms with Crippen LogP contribution in [-0.2, 0) is 0 Å². The molecule has 0 aliphatic rings. The van der Waals surface area contributed by atoms with Crippen LogP contribution in [0, 0.1) is 6.92 Å². The van der Waals surface area contributed by atoms with Crippen LogP contribution in [0.5, 0.6) is 11.5 Å². The van der Waals surface area contributed by atoms with E-state index in [-0.39, 0.29) is 5.78 Å². The van der Waals surface area contributed by atoms with Gasteiger partial charge in [0, 0.05) is 11.3 Å². The third-order valence-electron chi connectivity index (χ3n) is 3.24. The van der Waals surface area contributed by atoms with E-state index in [1.807, 2.05) is 13.8 Å². The molecule has 2 aromatic rings. The average Bonchev–Trinajstić information content (AvgIpc) is 2.47. The zero-order valence-electron chi connectivity index (χ0n) is 12.5. The Hall–Kier alpha value is -2.49. The molecule has 110 valence electrons. The SMILES string of the molecule is CCOc1cccc(N)c1C(=O)c1ccc(OC)c(C)c1. The number of ether oxygens (including phenoxy) is 2. The summed E-state index contributed by atoms with van der Waals surface area (Å²) in [6.07, 6.45) is 0. The zero-order valence-corrected chi connectivity index (χ0v) is 12.5. The Morgan fingerprint density at radius 3 is 2.57 bits per heavy atom. The maximum absolute atomic E-state index is 12.7. The number of ketones is 1. The summed E-state index contributed by atoms with van der Waals surface area (Å²) in [5, 5.41) is 0. The molecule has 0 aliphatic heterocycles. The van der Waals surface area contributed by atoms with E-state index in [2.05, 4.69) is 0 Å². The smallest absolute Gasteiger partial charge is 0.198 e. The van der Waals surface area contributed by atoms with E-state index >= 15 is 0 Å². The first-order valence-corrected chi connectivity index (χ1v) is 6.79. The monoisotopic (exact) mass is 285 g/mol. The Morgan fingerprint density at radius 1 is 1.19 bits per heavy atom. The van der Waals surface area contributed by atoms with Crippen LogP contribution in [0.1, 0.15) is 28.4 Å². The molecule has 0 aromatic heterocycles. The Balaban J connectivity index is 2.47. The number of nitrogen functional groups attached to an aromatic ring is 1. The average molecular weight is 285 g/mol. The standard InChI is InChI=1S/C17H19NO3/c1-4-21-15-7-5-6-13(18)16(15)17(19)12-8-9-14(20-3)11(2)10-12/h5-10H,4,18H2,1-3H3. The Labute approximate surface area is 124 Å². The van der Waals surface area contributed by atoms with Gasteiger partial charge in [-0.2, -0.15) is 0 Å². The van der Waals surface area contributed by atoms with Crippen LogP contribution in [-0.4, -0.2) is 19.5 Å². The highest BCUT2D eigenvalue weighted by atomic mass is 16.5. The van der Waals surface area contributed by atoms with E-state index < -0.39 is 0 Å². The maximum Gasteiger partial charge on any atom is 0.198 e. The van der Waals surface area contributed by atoms with Gasteiger partial charge >= 0.3 is 0 Å². The number of aryl methyl sites for hydroxylation is 1. The molecule has 0 unspecified atom stereocenters. The lowest BCUT2D eigenvalue weighted by Gasteiger charge is -2.12. The summed E-state index contributed by atoms with van der Waals surface area (Å²) in [4.78, 5) is 12.7. The van der Waals surface area contributed by atoms with Crippen molar-refractivity contribution in [3.63, 3.8) is 0 Å². The number of carbonyl (C=O) groups is 1. The van der Waals surface area contributed by atoms with Gasteiger partial charge in [0.1, 0.15) is 11.5 Å².